The Hall–Kier alpha value is 0.227. The quantitative estimate of drug-likeness (QED) is 0.312. The topological polar surface area (TPSA) is 9.23 Å². The zero-order valence-electron chi connectivity index (χ0n) is 10.0. The Morgan fingerprint density at radius 3 is 2.07 bits per heavy atom. The predicted octanol–water partition coefficient (Wildman–Crippen LogP) is 4.86. The average Bonchev–Trinajstić information content (AvgIpc) is 2.01. The standard InChI is InChI=1S/C11H21IOSi/c1-7-10(8-9-12)13-14(5,6)11(2,3)4/h7-9H,1-6H3/b9-8+,10-7-. The molecule has 0 saturated heterocycles. The summed E-state index contributed by atoms with van der Waals surface area (Å²) in [6.07, 6.45) is 4.04. The number of hydrogen-bond acceptors (Lipinski definition) is 1. The molecule has 0 aliphatic carbocycles. The Balaban J connectivity index is 4.66. The van der Waals surface area contributed by atoms with Gasteiger partial charge in [-0.15, -0.1) is 0 Å². The molecule has 0 aliphatic rings. The van der Waals surface area contributed by atoms with Gasteiger partial charge in [-0.1, -0.05) is 43.4 Å². The highest BCUT2D eigenvalue weighted by Gasteiger charge is 2.38. The molecule has 0 spiro atoms. The van der Waals surface area contributed by atoms with Crippen LogP contribution in [-0.4, -0.2) is 8.32 Å². The van der Waals surface area contributed by atoms with Gasteiger partial charge in [-0.2, -0.15) is 0 Å². The first-order chi connectivity index (χ1) is 6.24. The van der Waals surface area contributed by atoms with Crippen molar-refractivity contribution in [3.05, 3.63) is 22.0 Å². The lowest BCUT2D eigenvalue weighted by molar-refractivity contribution is 0.399. The molecular weight excluding hydrogens is 303 g/mol. The maximum absolute atomic E-state index is 6.10. The minimum Gasteiger partial charge on any atom is -0.544 e. The molecule has 82 valence electrons. The normalized spacial score (nSPS) is 14.9. The van der Waals surface area contributed by atoms with Crippen LogP contribution >= 0.6 is 22.6 Å². The molecule has 0 heterocycles. The van der Waals surface area contributed by atoms with Crippen LogP contribution in [0.5, 0.6) is 0 Å². The highest BCUT2D eigenvalue weighted by Crippen LogP contribution is 2.37. The first-order valence-electron chi connectivity index (χ1n) is 4.86. The molecule has 0 fully saturated rings. The van der Waals surface area contributed by atoms with Gasteiger partial charge in [0.05, 0.1) is 5.76 Å². The number of hydrogen-bond donors (Lipinski definition) is 0. The molecule has 0 radical (unpaired) electrons. The molecule has 0 amide bonds. The van der Waals surface area contributed by atoms with Crippen LogP contribution in [0.3, 0.4) is 0 Å². The average molecular weight is 324 g/mol. The summed E-state index contributed by atoms with van der Waals surface area (Å²) in [7, 11) is -1.65. The summed E-state index contributed by atoms with van der Waals surface area (Å²) >= 11 is 2.21. The van der Waals surface area contributed by atoms with E-state index in [1.54, 1.807) is 0 Å². The molecule has 0 aromatic carbocycles. The molecule has 0 N–H and O–H groups in total. The van der Waals surface area contributed by atoms with Gasteiger partial charge in [-0.3, -0.25) is 0 Å². The van der Waals surface area contributed by atoms with Gasteiger partial charge in [0.15, 0.2) is 0 Å². The van der Waals surface area contributed by atoms with Gasteiger partial charge >= 0.3 is 0 Å². The van der Waals surface area contributed by atoms with E-state index in [0.717, 1.165) is 5.76 Å². The van der Waals surface area contributed by atoms with E-state index < -0.39 is 8.32 Å². The van der Waals surface area contributed by atoms with Gasteiger partial charge in [0.1, 0.15) is 0 Å². The number of halogens is 1. The second-order valence-corrected chi connectivity index (χ2v) is 10.3. The maximum Gasteiger partial charge on any atom is 0.250 e. The van der Waals surface area contributed by atoms with Gasteiger partial charge < -0.3 is 4.43 Å². The minimum atomic E-state index is -1.65. The van der Waals surface area contributed by atoms with Crippen molar-refractivity contribution >= 4 is 30.9 Å². The van der Waals surface area contributed by atoms with Crippen LogP contribution in [0.4, 0.5) is 0 Å². The Morgan fingerprint density at radius 1 is 1.29 bits per heavy atom. The van der Waals surface area contributed by atoms with Crippen molar-refractivity contribution in [1.29, 1.82) is 0 Å². The first-order valence-corrected chi connectivity index (χ1v) is 9.02. The molecule has 3 heteroatoms. The van der Waals surface area contributed by atoms with Gasteiger partial charge in [0.2, 0.25) is 8.32 Å². The smallest absolute Gasteiger partial charge is 0.250 e. The zero-order valence-corrected chi connectivity index (χ0v) is 13.2. The molecule has 0 aromatic heterocycles. The number of allylic oxidation sites excluding steroid dienone is 2. The van der Waals surface area contributed by atoms with E-state index in [9.17, 15) is 0 Å². The van der Waals surface area contributed by atoms with Crippen LogP contribution in [0.25, 0.3) is 0 Å². The summed E-state index contributed by atoms with van der Waals surface area (Å²) in [4.78, 5) is 0. The Morgan fingerprint density at radius 2 is 1.79 bits per heavy atom. The third kappa shape index (κ3) is 4.17. The molecule has 0 rings (SSSR count). The van der Waals surface area contributed by atoms with E-state index in [2.05, 4.69) is 56.5 Å². The zero-order chi connectivity index (χ0) is 11.4. The molecule has 0 bridgehead atoms. The Bertz CT molecular complexity index is 236. The summed E-state index contributed by atoms with van der Waals surface area (Å²) < 4.78 is 8.09. The third-order valence-electron chi connectivity index (χ3n) is 2.69. The van der Waals surface area contributed by atoms with Crippen molar-refractivity contribution in [3.8, 4) is 0 Å². The van der Waals surface area contributed by atoms with Crippen LogP contribution in [0.2, 0.25) is 18.1 Å². The fourth-order valence-corrected chi connectivity index (χ4v) is 2.13. The van der Waals surface area contributed by atoms with Crippen molar-refractivity contribution in [3.63, 3.8) is 0 Å². The molecule has 1 nitrogen and oxygen atoms in total. The second kappa shape index (κ2) is 5.35. The summed E-state index contributed by atoms with van der Waals surface area (Å²) in [6.45, 7) is 13.3. The fourth-order valence-electron chi connectivity index (χ4n) is 0.699. The van der Waals surface area contributed by atoms with E-state index in [4.69, 9.17) is 4.43 Å². The lowest BCUT2D eigenvalue weighted by atomic mass is 10.2. The van der Waals surface area contributed by atoms with Gasteiger partial charge in [0, 0.05) is 0 Å². The minimum absolute atomic E-state index is 0.264. The molecule has 0 unspecified atom stereocenters. The van der Waals surface area contributed by atoms with Gasteiger partial charge in [0.25, 0.3) is 0 Å². The van der Waals surface area contributed by atoms with Crippen LogP contribution in [-0.2, 0) is 4.43 Å². The van der Waals surface area contributed by atoms with Crippen LogP contribution in [0, 0.1) is 0 Å². The van der Waals surface area contributed by atoms with Crippen molar-refractivity contribution in [2.45, 2.75) is 45.8 Å². The highest BCUT2D eigenvalue weighted by molar-refractivity contribution is 14.1. The van der Waals surface area contributed by atoms with Crippen molar-refractivity contribution in [1.82, 2.24) is 0 Å². The van der Waals surface area contributed by atoms with Gasteiger partial charge in [-0.25, -0.2) is 0 Å². The van der Waals surface area contributed by atoms with Crippen LogP contribution in [0.1, 0.15) is 27.7 Å². The molecule has 0 atom stereocenters. The lowest BCUT2D eigenvalue weighted by Crippen LogP contribution is -2.40. The van der Waals surface area contributed by atoms with E-state index in [0.29, 0.717) is 0 Å². The van der Waals surface area contributed by atoms with E-state index >= 15 is 0 Å². The Kier molecular flexibility index (Phi) is 5.44. The van der Waals surface area contributed by atoms with Crippen LogP contribution in [0.15, 0.2) is 22.0 Å². The highest BCUT2D eigenvalue weighted by atomic mass is 127. The first kappa shape index (κ1) is 14.2. The van der Waals surface area contributed by atoms with Crippen molar-refractivity contribution in [2.75, 3.05) is 0 Å². The fraction of sp³-hybridized carbons (Fsp3) is 0.636. The SMILES string of the molecule is C/C=C(/C=C/I)O[Si](C)(C)C(C)(C)C. The van der Waals surface area contributed by atoms with Crippen LogP contribution < -0.4 is 0 Å². The Labute approximate surface area is 103 Å². The second-order valence-electron chi connectivity index (χ2n) is 4.85. The van der Waals surface area contributed by atoms with E-state index in [-0.39, 0.29) is 5.04 Å². The monoisotopic (exact) mass is 324 g/mol. The summed E-state index contributed by atoms with van der Waals surface area (Å²) in [5.74, 6) is 0.992. The summed E-state index contributed by atoms with van der Waals surface area (Å²) in [6, 6.07) is 0. The van der Waals surface area contributed by atoms with E-state index in [1.165, 1.54) is 0 Å². The number of rotatable bonds is 3. The molecule has 0 saturated carbocycles. The molecule has 0 aromatic rings. The van der Waals surface area contributed by atoms with Crippen molar-refractivity contribution in [2.24, 2.45) is 0 Å². The van der Waals surface area contributed by atoms with E-state index in [1.807, 2.05) is 23.2 Å². The maximum atomic E-state index is 6.10. The lowest BCUT2D eigenvalue weighted by Gasteiger charge is -2.36. The summed E-state index contributed by atoms with van der Waals surface area (Å²) in [5, 5.41) is 0.264. The molecular formula is C11H21IOSi. The third-order valence-corrected chi connectivity index (χ3v) is 7.41. The molecule has 0 aliphatic heterocycles. The predicted molar refractivity (Wildman–Crippen MR) is 75.2 cm³/mol. The van der Waals surface area contributed by atoms with Crippen molar-refractivity contribution < 1.29 is 4.43 Å². The summed E-state index contributed by atoms with van der Waals surface area (Å²) in [5.41, 5.74) is 0. The van der Waals surface area contributed by atoms with Gasteiger partial charge in [-0.05, 0) is 41.3 Å². The largest absolute Gasteiger partial charge is 0.544 e. The molecule has 14 heavy (non-hydrogen) atoms.